The molecule has 3 aliphatic rings. The van der Waals surface area contributed by atoms with E-state index in [2.05, 4.69) is 33.9 Å². The number of carboxylic acid groups (broad SMARTS) is 1. The average molecular weight is 715 g/mol. The first-order chi connectivity index (χ1) is 24.5. The van der Waals surface area contributed by atoms with E-state index < -0.39 is 12.0 Å². The number of benzene rings is 1. The van der Waals surface area contributed by atoms with Gasteiger partial charge in [0.15, 0.2) is 0 Å². The molecular weight excluding hydrogens is 663 g/mol. The molecule has 51 heavy (non-hydrogen) atoms. The van der Waals surface area contributed by atoms with Gasteiger partial charge in [-0.2, -0.15) is 0 Å². The van der Waals surface area contributed by atoms with Crippen molar-refractivity contribution in [1.29, 1.82) is 0 Å². The number of ether oxygens (including phenoxy) is 4. The summed E-state index contributed by atoms with van der Waals surface area (Å²) in [7, 11) is 1.58. The van der Waals surface area contributed by atoms with Gasteiger partial charge in [0.25, 0.3) is 5.91 Å². The van der Waals surface area contributed by atoms with E-state index in [0.29, 0.717) is 50.8 Å². The topological polar surface area (TPSA) is 146 Å². The minimum absolute atomic E-state index is 0.0535. The normalized spacial score (nSPS) is 24.2. The van der Waals surface area contributed by atoms with Gasteiger partial charge in [-0.15, -0.1) is 0 Å². The maximum atomic E-state index is 14.4. The number of anilines is 1. The average Bonchev–Trinajstić information content (AvgIpc) is 3.09. The van der Waals surface area contributed by atoms with Crippen LogP contribution < -0.4 is 15.0 Å². The maximum absolute atomic E-state index is 14.4. The first kappa shape index (κ1) is 38.3. The number of rotatable bonds is 13. The second-order valence-corrected chi connectivity index (χ2v) is 13.7. The van der Waals surface area contributed by atoms with Crippen LogP contribution in [0.5, 0.6) is 5.88 Å². The maximum Gasteiger partial charge on any atom is 0.407 e. The molecule has 0 spiro atoms. The molecule has 2 aromatic rings. The van der Waals surface area contributed by atoms with Crippen LogP contribution in [0.25, 0.3) is 0 Å². The minimum Gasteiger partial charge on any atom is -0.474 e. The Kier molecular flexibility index (Phi) is 13.2. The highest BCUT2D eigenvalue weighted by atomic mass is 19.1. The van der Waals surface area contributed by atoms with Crippen LogP contribution in [0.2, 0.25) is 0 Å². The van der Waals surface area contributed by atoms with Gasteiger partial charge in [0.05, 0.1) is 45.6 Å². The van der Waals surface area contributed by atoms with Crippen LogP contribution in [-0.2, 0) is 25.4 Å². The number of amides is 3. The quantitative estimate of drug-likeness (QED) is 0.295. The van der Waals surface area contributed by atoms with Crippen LogP contribution >= 0.6 is 0 Å². The lowest BCUT2D eigenvalue weighted by molar-refractivity contribution is -0.122. The van der Waals surface area contributed by atoms with Gasteiger partial charge < -0.3 is 39.2 Å². The molecule has 5 rings (SSSR count). The van der Waals surface area contributed by atoms with Crippen molar-refractivity contribution in [3.8, 4) is 5.88 Å². The number of morpholine rings is 1. The summed E-state index contributed by atoms with van der Waals surface area (Å²) in [6.45, 7) is 12.0. The van der Waals surface area contributed by atoms with E-state index >= 15 is 0 Å². The van der Waals surface area contributed by atoms with Crippen molar-refractivity contribution in [1.82, 2.24) is 25.0 Å². The predicted molar refractivity (Wildman–Crippen MR) is 187 cm³/mol. The molecule has 2 N–H and O–H groups in total. The smallest absolute Gasteiger partial charge is 0.407 e. The van der Waals surface area contributed by atoms with Crippen LogP contribution in [0.3, 0.4) is 0 Å². The lowest BCUT2D eigenvalue weighted by atomic mass is 10.0. The molecule has 0 unspecified atom stereocenters. The Morgan fingerprint density at radius 2 is 1.71 bits per heavy atom. The lowest BCUT2D eigenvalue weighted by Gasteiger charge is -2.48. The summed E-state index contributed by atoms with van der Waals surface area (Å²) in [6, 6.07) is 7.21. The van der Waals surface area contributed by atoms with E-state index in [1.165, 1.54) is 17.0 Å². The number of piperazine rings is 1. The molecule has 0 radical (unpaired) electrons. The van der Waals surface area contributed by atoms with Crippen molar-refractivity contribution in [3.05, 3.63) is 53.0 Å². The summed E-state index contributed by atoms with van der Waals surface area (Å²) < 4.78 is 36.0. The van der Waals surface area contributed by atoms with E-state index in [0.717, 1.165) is 5.56 Å². The van der Waals surface area contributed by atoms with Gasteiger partial charge in [0.2, 0.25) is 11.8 Å². The number of carbonyl (C=O) groups is 3. The molecular formula is C36H51FN6O8. The van der Waals surface area contributed by atoms with Crippen LogP contribution in [0, 0.1) is 5.82 Å². The number of carbonyl (C=O) groups excluding carboxylic acids is 2. The molecule has 2 saturated heterocycles. The number of methoxy groups -OCH3 is 1. The fourth-order valence-electron chi connectivity index (χ4n) is 7.05. The minimum atomic E-state index is -0.976. The second-order valence-electron chi connectivity index (χ2n) is 13.7. The number of pyridine rings is 1. The van der Waals surface area contributed by atoms with Crippen LogP contribution in [0.15, 0.2) is 30.3 Å². The number of aromatic nitrogens is 1. The molecule has 14 nitrogen and oxygen atoms in total. The Hall–Kier alpha value is -3.89. The summed E-state index contributed by atoms with van der Waals surface area (Å²) in [5, 5.41) is 12.8. The van der Waals surface area contributed by atoms with E-state index in [4.69, 9.17) is 18.9 Å². The van der Waals surface area contributed by atoms with Crippen LogP contribution in [0.4, 0.5) is 14.9 Å². The molecule has 1 aromatic carbocycles. The summed E-state index contributed by atoms with van der Waals surface area (Å²) in [5.41, 5.74) is 1.90. The van der Waals surface area contributed by atoms with Crippen LogP contribution in [0.1, 0.15) is 49.3 Å². The van der Waals surface area contributed by atoms with Crippen molar-refractivity contribution in [2.75, 3.05) is 84.4 Å². The highest BCUT2D eigenvalue weighted by molar-refractivity contribution is 5.99. The van der Waals surface area contributed by atoms with E-state index in [-0.39, 0.29) is 92.8 Å². The van der Waals surface area contributed by atoms with Gasteiger partial charge in [0.1, 0.15) is 23.8 Å². The first-order valence-electron chi connectivity index (χ1n) is 17.6. The van der Waals surface area contributed by atoms with Gasteiger partial charge >= 0.3 is 6.09 Å². The summed E-state index contributed by atoms with van der Waals surface area (Å²) in [6.07, 6.45) is -0.716. The molecule has 15 heteroatoms. The Balaban J connectivity index is 1.41. The first-order valence-corrected chi connectivity index (χ1v) is 17.6. The number of nitrogens with zero attached hydrogens (tertiary/aromatic N) is 5. The molecule has 2 fully saturated rings. The number of halogens is 1. The predicted octanol–water partition coefficient (Wildman–Crippen LogP) is 2.48. The Labute approximate surface area is 298 Å². The Morgan fingerprint density at radius 1 is 0.980 bits per heavy atom. The Bertz CT molecular complexity index is 1510. The summed E-state index contributed by atoms with van der Waals surface area (Å²) in [5.74, 6) is -0.814. The monoisotopic (exact) mass is 714 g/mol. The summed E-state index contributed by atoms with van der Waals surface area (Å²) >= 11 is 0. The van der Waals surface area contributed by atoms with Crippen molar-refractivity contribution in [3.63, 3.8) is 0 Å². The second kappa shape index (κ2) is 17.6. The number of hydrogen-bond acceptors (Lipinski definition) is 10. The third-order valence-corrected chi connectivity index (χ3v) is 9.78. The number of hydrogen-bond donors (Lipinski definition) is 2. The lowest BCUT2D eigenvalue weighted by Crippen LogP contribution is -2.65. The SMILES string of the molecule is COCCOCCNC(=O)c1nc2c(cc1Cc1ccc(F)cc1)N(C(=O)CN1C[C@@H](C)N(C(=O)O)C[C@@H]1CN1[C@H](C)COC[C@H]1C)[C@@H](C)CO2. The Morgan fingerprint density at radius 3 is 2.39 bits per heavy atom. The molecule has 0 bridgehead atoms. The van der Waals surface area contributed by atoms with Gasteiger partial charge in [0, 0.05) is 57.5 Å². The fourth-order valence-corrected chi connectivity index (χ4v) is 7.05. The zero-order valence-electron chi connectivity index (χ0n) is 30.2. The zero-order chi connectivity index (χ0) is 36.7. The fraction of sp³-hybridized carbons (Fsp3) is 0.611. The third-order valence-electron chi connectivity index (χ3n) is 9.78. The number of nitrogens with one attached hydrogen (secondary N) is 1. The number of fused-ring (bicyclic) bond motifs is 1. The molecule has 5 atom stereocenters. The largest absolute Gasteiger partial charge is 0.474 e. The van der Waals surface area contributed by atoms with Crippen molar-refractivity contribution >= 4 is 23.6 Å². The van der Waals surface area contributed by atoms with E-state index in [9.17, 15) is 23.9 Å². The van der Waals surface area contributed by atoms with Crippen molar-refractivity contribution in [2.45, 2.75) is 64.3 Å². The van der Waals surface area contributed by atoms with E-state index in [1.807, 2.05) is 13.8 Å². The zero-order valence-corrected chi connectivity index (χ0v) is 30.2. The van der Waals surface area contributed by atoms with E-state index in [1.54, 1.807) is 30.2 Å². The molecule has 3 amide bonds. The molecule has 0 saturated carbocycles. The summed E-state index contributed by atoms with van der Waals surface area (Å²) in [4.78, 5) is 52.2. The van der Waals surface area contributed by atoms with Crippen molar-refractivity contribution in [2.24, 2.45) is 0 Å². The highest BCUT2D eigenvalue weighted by Gasteiger charge is 2.40. The third kappa shape index (κ3) is 9.51. The standard InChI is InChI=1S/C36H51FN6O8/c1-23-16-40(30(18-42(23)36(46)47)17-41-24(2)20-50-21-25(41)3)19-32(44)43-26(4)22-51-35-31(43)15-28(14-27-6-8-29(37)9-7-27)33(39-35)34(45)38-10-11-49-13-12-48-5/h6-9,15,23-26,30H,10-14,16-22H2,1-5H3,(H,38,45)(H,46,47)/t23-,24-,25-,26+,30+/m1/s1. The van der Waals surface area contributed by atoms with Gasteiger partial charge in [-0.25, -0.2) is 14.2 Å². The molecule has 1 aromatic heterocycles. The van der Waals surface area contributed by atoms with Gasteiger partial charge in [-0.1, -0.05) is 12.1 Å². The van der Waals surface area contributed by atoms with Crippen molar-refractivity contribution < 1.29 is 42.8 Å². The molecule has 0 aliphatic carbocycles. The van der Waals surface area contributed by atoms with Gasteiger partial charge in [-0.05, 0) is 63.4 Å². The molecule has 280 valence electrons. The molecule has 3 aliphatic heterocycles. The molecule has 4 heterocycles. The van der Waals surface area contributed by atoms with Crippen LogP contribution in [-0.4, -0.2) is 152 Å². The van der Waals surface area contributed by atoms with Gasteiger partial charge in [-0.3, -0.25) is 19.4 Å². The highest BCUT2D eigenvalue weighted by Crippen LogP contribution is 2.35.